The Morgan fingerprint density at radius 3 is 2.83 bits per heavy atom. The molecule has 0 bridgehead atoms. The monoisotopic (exact) mass is 327 g/mol. The molecule has 0 saturated carbocycles. The summed E-state index contributed by atoms with van der Waals surface area (Å²) < 4.78 is 1.03. The molecule has 1 aromatic carbocycles. The predicted molar refractivity (Wildman–Crippen MR) is 81.3 cm³/mol. The number of thioether (sulfide) groups is 1. The number of carbonyl (C=O) groups is 1. The van der Waals surface area contributed by atoms with Gasteiger partial charge in [0.15, 0.2) is 0 Å². The van der Waals surface area contributed by atoms with Crippen LogP contribution in [0.1, 0.15) is 27.2 Å². The molecular weight excluding hydrogens is 310 g/mol. The van der Waals surface area contributed by atoms with Gasteiger partial charge in [-0.25, -0.2) is 0 Å². The van der Waals surface area contributed by atoms with E-state index in [9.17, 15) is 4.79 Å². The molecule has 0 fully saturated rings. The molecule has 0 aromatic heterocycles. The van der Waals surface area contributed by atoms with Gasteiger partial charge in [-0.1, -0.05) is 29.8 Å². The molecule has 0 radical (unpaired) electrons. The Morgan fingerprint density at radius 1 is 1.44 bits per heavy atom. The summed E-state index contributed by atoms with van der Waals surface area (Å²) in [7, 11) is 0. The molecule has 18 heavy (non-hydrogen) atoms. The second-order valence-corrected chi connectivity index (χ2v) is 7.34. The van der Waals surface area contributed by atoms with Crippen LogP contribution in [0.15, 0.2) is 27.6 Å². The van der Waals surface area contributed by atoms with Crippen LogP contribution < -0.4 is 4.90 Å². The van der Waals surface area contributed by atoms with Crippen molar-refractivity contribution in [2.24, 2.45) is 5.92 Å². The van der Waals surface area contributed by atoms with Crippen molar-refractivity contribution >= 4 is 39.3 Å². The van der Waals surface area contributed by atoms with Crippen molar-refractivity contribution in [3.63, 3.8) is 0 Å². The van der Waals surface area contributed by atoms with Gasteiger partial charge in [0.25, 0.3) is 0 Å². The topological polar surface area (TPSA) is 20.3 Å². The average Bonchev–Trinajstić information content (AvgIpc) is 2.30. The molecular formula is C14H18BrNOS. The van der Waals surface area contributed by atoms with Gasteiger partial charge in [0, 0.05) is 15.9 Å². The minimum atomic E-state index is 0.0193. The van der Waals surface area contributed by atoms with Crippen molar-refractivity contribution in [3.05, 3.63) is 22.7 Å². The Labute approximate surface area is 121 Å². The largest absolute Gasteiger partial charge is 0.310 e. The zero-order chi connectivity index (χ0) is 13.3. The number of carbonyl (C=O) groups excluding carboxylic acids is 1. The molecule has 2 rings (SSSR count). The first kappa shape index (κ1) is 13.9. The van der Waals surface area contributed by atoms with Gasteiger partial charge in [0.1, 0.15) is 0 Å². The lowest BCUT2D eigenvalue weighted by atomic mass is 10.1. The van der Waals surface area contributed by atoms with E-state index in [1.165, 1.54) is 4.90 Å². The molecule has 1 unspecified atom stereocenters. The summed E-state index contributed by atoms with van der Waals surface area (Å²) in [6.07, 6.45) is 1.04. The third-order valence-corrected chi connectivity index (χ3v) is 4.71. The van der Waals surface area contributed by atoms with Crippen molar-refractivity contribution in [2.75, 3.05) is 11.4 Å². The Balaban J connectivity index is 2.31. The molecule has 1 aliphatic rings. The van der Waals surface area contributed by atoms with Crippen LogP contribution in [0.5, 0.6) is 0 Å². The molecule has 0 N–H and O–H groups in total. The number of hydrogen-bond donors (Lipinski definition) is 0. The van der Waals surface area contributed by atoms with Gasteiger partial charge in [-0.2, -0.15) is 0 Å². The van der Waals surface area contributed by atoms with E-state index in [1.807, 2.05) is 24.0 Å². The molecule has 98 valence electrons. The van der Waals surface area contributed by atoms with Crippen molar-refractivity contribution in [2.45, 2.75) is 37.3 Å². The van der Waals surface area contributed by atoms with Gasteiger partial charge in [0.2, 0.25) is 5.91 Å². The maximum Gasteiger partial charge on any atom is 0.240 e. The minimum absolute atomic E-state index is 0.0193. The van der Waals surface area contributed by atoms with Crippen LogP contribution in [0.2, 0.25) is 0 Å². The molecule has 0 spiro atoms. The highest BCUT2D eigenvalue weighted by Gasteiger charge is 2.30. The van der Waals surface area contributed by atoms with E-state index in [4.69, 9.17) is 0 Å². The summed E-state index contributed by atoms with van der Waals surface area (Å²) in [5.74, 6) is 0.838. The summed E-state index contributed by atoms with van der Waals surface area (Å²) in [6.45, 7) is 7.17. The van der Waals surface area contributed by atoms with Gasteiger partial charge in [0.05, 0.1) is 10.9 Å². The lowest BCUT2D eigenvalue weighted by molar-refractivity contribution is -0.118. The highest BCUT2D eigenvalue weighted by molar-refractivity contribution is 9.10. The maximum atomic E-state index is 12.3. The van der Waals surface area contributed by atoms with Gasteiger partial charge >= 0.3 is 0 Å². The SMILES string of the molecule is CC(C)CCN1C(=O)C(C)Sc2ccc(Br)cc21. The lowest BCUT2D eigenvalue weighted by Crippen LogP contribution is -2.40. The van der Waals surface area contributed by atoms with Gasteiger partial charge < -0.3 is 4.90 Å². The molecule has 1 aliphatic heterocycles. The van der Waals surface area contributed by atoms with E-state index in [0.717, 1.165) is 23.1 Å². The predicted octanol–water partition coefficient (Wildman–Crippen LogP) is 4.32. The standard InChI is InChI=1S/C14H18BrNOS/c1-9(2)6-7-16-12-8-11(15)4-5-13(12)18-10(3)14(16)17/h4-5,8-10H,6-7H2,1-3H3. The van der Waals surface area contributed by atoms with Crippen molar-refractivity contribution < 1.29 is 4.79 Å². The summed E-state index contributed by atoms with van der Waals surface area (Å²) in [4.78, 5) is 15.5. The van der Waals surface area contributed by atoms with Crippen molar-refractivity contribution in [1.82, 2.24) is 0 Å². The number of rotatable bonds is 3. The van der Waals surface area contributed by atoms with Gasteiger partial charge in [-0.15, -0.1) is 11.8 Å². The fourth-order valence-corrected chi connectivity index (χ4v) is 3.39. The van der Waals surface area contributed by atoms with Gasteiger partial charge in [-0.3, -0.25) is 4.79 Å². The molecule has 2 nitrogen and oxygen atoms in total. The Kier molecular flexibility index (Phi) is 4.38. The normalized spacial score (nSPS) is 19.3. The van der Waals surface area contributed by atoms with Crippen LogP contribution >= 0.6 is 27.7 Å². The molecule has 4 heteroatoms. The van der Waals surface area contributed by atoms with E-state index in [2.05, 4.69) is 35.8 Å². The highest BCUT2D eigenvalue weighted by Crippen LogP contribution is 2.40. The quantitative estimate of drug-likeness (QED) is 0.823. The van der Waals surface area contributed by atoms with Crippen molar-refractivity contribution in [1.29, 1.82) is 0 Å². The third kappa shape index (κ3) is 2.91. The zero-order valence-electron chi connectivity index (χ0n) is 10.9. The van der Waals surface area contributed by atoms with Gasteiger partial charge in [-0.05, 0) is 37.5 Å². The Morgan fingerprint density at radius 2 is 2.17 bits per heavy atom. The first-order valence-electron chi connectivity index (χ1n) is 6.26. The van der Waals surface area contributed by atoms with E-state index in [0.29, 0.717) is 5.92 Å². The number of halogens is 1. The van der Waals surface area contributed by atoms with E-state index in [1.54, 1.807) is 11.8 Å². The maximum absolute atomic E-state index is 12.3. The van der Waals surface area contributed by atoms with Crippen LogP contribution in [0.4, 0.5) is 5.69 Å². The van der Waals surface area contributed by atoms with E-state index < -0.39 is 0 Å². The number of amides is 1. The smallest absolute Gasteiger partial charge is 0.240 e. The second kappa shape index (κ2) is 5.66. The molecule has 1 atom stereocenters. The second-order valence-electron chi connectivity index (χ2n) is 5.04. The average molecular weight is 328 g/mol. The number of benzene rings is 1. The van der Waals surface area contributed by atoms with E-state index in [-0.39, 0.29) is 11.2 Å². The fraction of sp³-hybridized carbons (Fsp3) is 0.500. The van der Waals surface area contributed by atoms with Crippen molar-refractivity contribution in [3.8, 4) is 0 Å². The summed E-state index contributed by atoms with van der Waals surface area (Å²) >= 11 is 5.14. The van der Waals surface area contributed by atoms with Crippen LogP contribution in [-0.2, 0) is 4.79 Å². The van der Waals surface area contributed by atoms with Crippen LogP contribution in [-0.4, -0.2) is 17.7 Å². The number of anilines is 1. The zero-order valence-corrected chi connectivity index (χ0v) is 13.3. The molecule has 1 amide bonds. The molecule has 1 heterocycles. The Hall–Kier alpha value is -0.480. The minimum Gasteiger partial charge on any atom is -0.310 e. The summed E-state index contributed by atoms with van der Waals surface area (Å²) in [6, 6.07) is 6.18. The first-order chi connectivity index (χ1) is 8.49. The fourth-order valence-electron chi connectivity index (χ4n) is 2.00. The van der Waals surface area contributed by atoms with Crippen LogP contribution in [0.3, 0.4) is 0 Å². The molecule has 0 aliphatic carbocycles. The first-order valence-corrected chi connectivity index (χ1v) is 7.94. The number of fused-ring (bicyclic) bond motifs is 1. The molecule has 1 aromatic rings. The number of nitrogens with zero attached hydrogens (tertiary/aromatic N) is 1. The van der Waals surface area contributed by atoms with Crippen LogP contribution in [0, 0.1) is 5.92 Å². The summed E-state index contributed by atoms with van der Waals surface area (Å²) in [5, 5.41) is 0.0193. The Bertz CT molecular complexity index is 461. The third-order valence-electron chi connectivity index (χ3n) is 3.06. The summed E-state index contributed by atoms with van der Waals surface area (Å²) in [5.41, 5.74) is 1.05. The number of hydrogen-bond acceptors (Lipinski definition) is 2. The highest BCUT2D eigenvalue weighted by atomic mass is 79.9. The molecule has 0 saturated heterocycles. The van der Waals surface area contributed by atoms with E-state index >= 15 is 0 Å². The van der Waals surface area contributed by atoms with Crippen LogP contribution in [0.25, 0.3) is 0 Å². The lowest BCUT2D eigenvalue weighted by Gasteiger charge is -2.33.